The van der Waals surface area contributed by atoms with E-state index >= 15 is 0 Å². The molecule has 0 bridgehead atoms. The summed E-state index contributed by atoms with van der Waals surface area (Å²) >= 11 is 1.41. The minimum Gasteiger partial charge on any atom is -0.481 e. The van der Waals surface area contributed by atoms with Crippen LogP contribution in [0.15, 0.2) is 17.5 Å². The summed E-state index contributed by atoms with van der Waals surface area (Å²) in [5, 5.41) is 10.7. The van der Waals surface area contributed by atoms with Crippen molar-refractivity contribution < 1.29 is 19.4 Å². The van der Waals surface area contributed by atoms with Crippen LogP contribution in [0.25, 0.3) is 0 Å². The van der Waals surface area contributed by atoms with Gasteiger partial charge >= 0.3 is 5.97 Å². The predicted octanol–water partition coefficient (Wildman–Crippen LogP) is 2.59. The minimum absolute atomic E-state index is 0.00496. The van der Waals surface area contributed by atoms with E-state index in [0.717, 1.165) is 12.8 Å². The monoisotopic (exact) mass is 268 g/mol. The first-order valence-corrected chi connectivity index (χ1v) is 6.96. The van der Waals surface area contributed by atoms with E-state index in [-0.39, 0.29) is 24.4 Å². The van der Waals surface area contributed by atoms with Crippen molar-refractivity contribution in [2.24, 2.45) is 5.92 Å². The number of carbonyl (C=O) groups excluding carboxylic acids is 1. The van der Waals surface area contributed by atoms with Crippen LogP contribution in [0, 0.1) is 5.92 Å². The van der Waals surface area contributed by atoms with Gasteiger partial charge in [0.15, 0.2) is 5.78 Å². The molecule has 0 unspecified atom stereocenters. The number of carbonyl (C=O) groups is 2. The third-order valence-electron chi connectivity index (χ3n) is 3.27. The zero-order valence-electron chi connectivity index (χ0n) is 10.0. The van der Waals surface area contributed by atoms with Gasteiger partial charge in [-0.1, -0.05) is 6.07 Å². The lowest BCUT2D eigenvalue weighted by Gasteiger charge is -2.25. The van der Waals surface area contributed by atoms with Crippen molar-refractivity contribution in [2.45, 2.75) is 31.8 Å². The number of thiophene rings is 1. The fraction of sp³-hybridized carbons (Fsp3) is 0.538. The summed E-state index contributed by atoms with van der Waals surface area (Å²) in [7, 11) is 0. The predicted molar refractivity (Wildman–Crippen MR) is 68.0 cm³/mol. The Morgan fingerprint density at radius 3 is 2.61 bits per heavy atom. The summed E-state index contributed by atoms with van der Waals surface area (Å²) in [5.41, 5.74) is 0. The summed E-state index contributed by atoms with van der Waals surface area (Å²) in [6.45, 7) is 0.100. The molecule has 1 fully saturated rings. The molecule has 0 atom stereocenters. The van der Waals surface area contributed by atoms with Crippen molar-refractivity contribution in [3.63, 3.8) is 0 Å². The van der Waals surface area contributed by atoms with Crippen molar-refractivity contribution in [1.82, 2.24) is 0 Å². The molecule has 1 N–H and O–H groups in total. The van der Waals surface area contributed by atoms with Crippen LogP contribution in [-0.2, 0) is 9.53 Å². The summed E-state index contributed by atoms with van der Waals surface area (Å²) in [4.78, 5) is 23.2. The van der Waals surface area contributed by atoms with Crippen molar-refractivity contribution in [3.05, 3.63) is 22.4 Å². The van der Waals surface area contributed by atoms with E-state index in [4.69, 9.17) is 9.84 Å². The Morgan fingerprint density at radius 2 is 2.06 bits per heavy atom. The largest absolute Gasteiger partial charge is 0.481 e. The van der Waals surface area contributed by atoms with Crippen molar-refractivity contribution >= 4 is 23.1 Å². The quantitative estimate of drug-likeness (QED) is 0.834. The average molecular weight is 268 g/mol. The van der Waals surface area contributed by atoms with Crippen LogP contribution < -0.4 is 0 Å². The van der Waals surface area contributed by atoms with Gasteiger partial charge in [-0.2, -0.15) is 0 Å². The molecule has 0 radical (unpaired) electrons. The first-order valence-electron chi connectivity index (χ1n) is 6.08. The molecule has 1 aliphatic carbocycles. The highest BCUT2D eigenvalue weighted by Gasteiger charge is 2.26. The second kappa shape index (κ2) is 6.11. The standard InChI is InChI=1S/C13H16O4S/c14-11(12-2-1-7-18-12)8-17-10-5-3-9(4-6-10)13(15)16/h1-2,7,9-10H,3-6,8H2,(H,15,16). The normalized spacial score (nSPS) is 23.8. The Kier molecular flexibility index (Phi) is 4.49. The van der Waals surface area contributed by atoms with Crippen LogP contribution in [0.4, 0.5) is 0 Å². The molecule has 0 amide bonds. The van der Waals surface area contributed by atoms with Gasteiger partial charge in [0, 0.05) is 0 Å². The van der Waals surface area contributed by atoms with Gasteiger partial charge in [-0.3, -0.25) is 9.59 Å². The fourth-order valence-electron chi connectivity index (χ4n) is 2.18. The zero-order valence-corrected chi connectivity index (χ0v) is 10.8. The van der Waals surface area contributed by atoms with Crippen LogP contribution in [0.2, 0.25) is 0 Å². The van der Waals surface area contributed by atoms with Crippen LogP contribution in [0.1, 0.15) is 35.4 Å². The lowest BCUT2D eigenvalue weighted by Crippen LogP contribution is -2.27. The zero-order chi connectivity index (χ0) is 13.0. The topological polar surface area (TPSA) is 63.6 Å². The maximum Gasteiger partial charge on any atom is 0.306 e. The highest BCUT2D eigenvalue weighted by Crippen LogP contribution is 2.26. The summed E-state index contributed by atoms with van der Waals surface area (Å²) in [6, 6.07) is 3.63. The highest BCUT2D eigenvalue weighted by atomic mass is 32.1. The van der Waals surface area contributed by atoms with E-state index in [2.05, 4.69) is 0 Å². The average Bonchev–Trinajstić information content (AvgIpc) is 2.90. The number of Topliss-reactive ketones (excluding diaryl/α,β-unsaturated/α-hetero) is 1. The minimum atomic E-state index is -0.719. The van der Waals surface area contributed by atoms with Gasteiger partial charge in [0.25, 0.3) is 0 Å². The lowest BCUT2D eigenvalue weighted by molar-refractivity contribution is -0.143. The molecule has 1 saturated carbocycles. The second-order valence-electron chi connectivity index (χ2n) is 4.52. The Morgan fingerprint density at radius 1 is 1.33 bits per heavy atom. The number of carboxylic acids is 1. The highest BCUT2D eigenvalue weighted by molar-refractivity contribution is 7.12. The van der Waals surface area contributed by atoms with Gasteiger partial charge in [-0.15, -0.1) is 11.3 Å². The Hall–Kier alpha value is -1.20. The molecule has 1 aromatic heterocycles. The van der Waals surface area contributed by atoms with Crippen molar-refractivity contribution in [2.75, 3.05) is 6.61 Å². The molecule has 5 heteroatoms. The molecule has 0 aliphatic heterocycles. The Labute approximate surface area is 110 Å². The maximum atomic E-state index is 11.7. The van der Waals surface area contributed by atoms with Crippen LogP contribution in [0.3, 0.4) is 0 Å². The molecule has 0 aromatic carbocycles. The molecular formula is C13H16O4S. The molecule has 18 heavy (non-hydrogen) atoms. The fourth-order valence-corrected chi connectivity index (χ4v) is 2.83. The van der Waals surface area contributed by atoms with Gasteiger partial charge in [0.1, 0.15) is 6.61 Å². The van der Waals surface area contributed by atoms with E-state index < -0.39 is 5.97 Å². The Bertz CT molecular complexity index is 405. The number of rotatable bonds is 5. The molecule has 0 spiro atoms. The third-order valence-corrected chi connectivity index (χ3v) is 4.18. The molecule has 1 heterocycles. The molecule has 4 nitrogen and oxygen atoms in total. The van der Waals surface area contributed by atoms with Crippen LogP contribution in [0.5, 0.6) is 0 Å². The van der Waals surface area contributed by atoms with Gasteiger partial charge in [-0.05, 0) is 37.1 Å². The second-order valence-corrected chi connectivity index (χ2v) is 5.47. The summed E-state index contributed by atoms with van der Waals surface area (Å²) < 4.78 is 5.56. The van der Waals surface area contributed by atoms with Gasteiger partial charge in [0.2, 0.25) is 0 Å². The van der Waals surface area contributed by atoms with E-state index in [0.29, 0.717) is 17.7 Å². The smallest absolute Gasteiger partial charge is 0.306 e. The van der Waals surface area contributed by atoms with Gasteiger partial charge < -0.3 is 9.84 Å². The SMILES string of the molecule is O=C(COC1CCC(C(=O)O)CC1)c1cccs1. The van der Waals surface area contributed by atoms with Crippen LogP contribution >= 0.6 is 11.3 Å². The van der Waals surface area contributed by atoms with Crippen molar-refractivity contribution in [3.8, 4) is 0 Å². The number of ether oxygens (including phenoxy) is 1. The van der Waals surface area contributed by atoms with Crippen molar-refractivity contribution in [1.29, 1.82) is 0 Å². The van der Waals surface area contributed by atoms with Gasteiger partial charge in [0.05, 0.1) is 16.9 Å². The molecule has 2 rings (SSSR count). The number of carboxylic acid groups (broad SMARTS) is 1. The number of hydrogen-bond acceptors (Lipinski definition) is 4. The van der Waals surface area contributed by atoms with Gasteiger partial charge in [-0.25, -0.2) is 0 Å². The number of aliphatic carboxylic acids is 1. The number of hydrogen-bond donors (Lipinski definition) is 1. The summed E-state index contributed by atoms with van der Waals surface area (Å²) in [5.74, 6) is -0.952. The first-order chi connectivity index (χ1) is 8.66. The first kappa shape index (κ1) is 13.2. The number of ketones is 1. The van der Waals surface area contributed by atoms with E-state index in [1.54, 1.807) is 6.07 Å². The van der Waals surface area contributed by atoms with E-state index in [9.17, 15) is 9.59 Å². The van der Waals surface area contributed by atoms with E-state index in [1.165, 1.54) is 11.3 Å². The molecule has 1 aromatic rings. The Balaban J connectivity index is 1.72. The molecular weight excluding hydrogens is 252 g/mol. The lowest BCUT2D eigenvalue weighted by atomic mass is 9.87. The molecule has 1 aliphatic rings. The molecule has 0 saturated heterocycles. The maximum absolute atomic E-state index is 11.7. The van der Waals surface area contributed by atoms with Crippen LogP contribution in [-0.4, -0.2) is 29.6 Å². The van der Waals surface area contributed by atoms with E-state index in [1.807, 2.05) is 11.4 Å². The third kappa shape index (κ3) is 3.40. The summed E-state index contributed by atoms with van der Waals surface area (Å²) in [6.07, 6.45) is 2.79. The molecule has 98 valence electrons.